The highest BCUT2D eigenvalue weighted by molar-refractivity contribution is 5.72. The molecule has 2 N–H and O–H groups in total. The first-order chi connectivity index (χ1) is 7.75. The molecule has 0 bridgehead atoms. The van der Waals surface area contributed by atoms with Gasteiger partial charge in [0.05, 0.1) is 6.10 Å². The van der Waals surface area contributed by atoms with E-state index in [1.807, 2.05) is 0 Å². The van der Waals surface area contributed by atoms with Gasteiger partial charge in [0, 0.05) is 6.54 Å². The van der Waals surface area contributed by atoms with Crippen LogP contribution in [0.15, 0.2) is 0 Å². The number of ether oxygens (including phenoxy) is 1. The van der Waals surface area contributed by atoms with Gasteiger partial charge in [-0.15, -0.1) is 0 Å². The lowest BCUT2D eigenvalue weighted by molar-refractivity contribution is -0.149. The van der Waals surface area contributed by atoms with Crippen molar-refractivity contribution < 1.29 is 14.6 Å². The first-order valence-electron chi connectivity index (χ1n) is 6.34. The summed E-state index contributed by atoms with van der Waals surface area (Å²) in [6.45, 7) is 1.84. The van der Waals surface area contributed by atoms with E-state index < -0.39 is 12.1 Å². The van der Waals surface area contributed by atoms with E-state index in [4.69, 9.17) is 9.84 Å². The molecule has 2 unspecified atom stereocenters. The average molecular weight is 227 g/mol. The molecule has 4 nitrogen and oxygen atoms in total. The van der Waals surface area contributed by atoms with Crippen molar-refractivity contribution in [2.75, 3.05) is 13.1 Å². The maximum atomic E-state index is 10.7. The molecule has 2 fully saturated rings. The molecule has 0 radical (unpaired) electrons. The minimum atomic E-state index is -0.823. The topological polar surface area (TPSA) is 58.6 Å². The van der Waals surface area contributed by atoms with E-state index >= 15 is 0 Å². The van der Waals surface area contributed by atoms with Crippen LogP contribution in [0.5, 0.6) is 0 Å². The van der Waals surface area contributed by atoms with Gasteiger partial charge in [0.2, 0.25) is 0 Å². The Morgan fingerprint density at radius 3 is 2.75 bits per heavy atom. The van der Waals surface area contributed by atoms with Crippen LogP contribution in [0.4, 0.5) is 0 Å². The van der Waals surface area contributed by atoms with Gasteiger partial charge in [-0.2, -0.15) is 0 Å². The molecule has 1 heterocycles. The van der Waals surface area contributed by atoms with E-state index in [1.165, 1.54) is 25.7 Å². The van der Waals surface area contributed by atoms with E-state index in [-0.39, 0.29) is 6.10 Å². The molecule has 2 rings (SSSR count). The maximum absolute atomic E-state index is 10.7. The lowest BCUT2D eigenvalue weighted by Crippen LogP contribution is -2.29. The molecular formula is C12H21NO3. The summed E-state index contributed by atoms with van der Waals surface area (Å²) in [5.74, 6) is 0.178. The van der Waals surface area contributed by atoms with Crippen LogP contribution in [0.25, 0.3) is 0 Å². The SMILES string of the molecule is O=C(O)C1CCC(CNCCCC2CC2)O1. The Labute approximate surface area is 96.4 Å². The molecular weight excluding hydrogens is 206 g/mol. The summed E-state index contributed by atoms with van der Waals surface area (Å²) < 4.78 is 5.40. The summed E-state index contributed by atoms with van der Waals surface area (Å²) >= 11 is 0. The second kappa shape index (κ2) is 5.64. The van der Waals surface area contributed by atoms with E-state index in [2.05, 4.69) is 5.32 Å². The normalized spacial score (nSPS) is 29.5. The summed E-state index contributed by atoms with van der Waals surface area (Å²) in [6, 6.07) is 0. The number of hydrogen-bond donors (Lipinski definition) is 2. The van der Waals surface area contributed by atoms with Crippen LogP contribution < -0.4 is 5.32 Å². The van der Waals surface area contributed by atoms with Crippen molar-refractivity contribution in [2.24, 2.45) is 5.92 Å². The number of carbonyl (C=O) groups is 1. The highest BCUT2D eigenvalue weighted by Gasteiger charge is 2.29. The summed E-state index contributed by atoms with van der Waals surface area (Å²) in [4.78, 5) is 10.7. The number of carboxylic acids is 1. The van der Waals surface area contributed by atoms with Crippen molar-refractivity contribution >= 4 is 5.97 Å². The molecule has 0 aromatic rings. The van der Waals surface area contributed by atoms with Gasteiger partial charge in [0.25, 0.3) is 0 Å². The van der Waals surface area contributed by atoms with E-state index in [1.54, 1.807) is 0 Å². The van der Waals surface area contributed by atoms with Crippen LogP contribution in [-0.4, -0.2) is 36.4 Å². The third kappa shape index (κ3) is 3.76. The second-order valence-corrected chi connectivity index (χ2v) is 4.95. The monoisotopic (exact) mass is 227 g/mol. The van der Waals surface area contributed by atoms with Crippen LogP contribution in [0, 0.1) is 5.92 Å². The third-order valence-electron chi connectivity index (χ3n) is 3.42. The van der Waals surface area contributed by atoms with Gasteiger partial charge in [-0.3, -0.25) is 0 Å². The molecule has 2 aliphatic rings. The summed E-state index contributed by atoms with van der Waals surface area (Å²) in [7, 11) is 0. The van der Waals surface area contributed by atoms with Gasteiger partial charge >= 0.3 is 5.97 Å². The summed E-state index contributed by atoms with van der Waals surface area (Å²) in [5.41, 5.74) is 0. The first kappa shape index (κ1) is 11.9. The standard InChI is InChI=1S/C12H21NO3/c14-12(15)11-6-5-10(16-11)8-13-7-1-2-9-3-4-9/h9-11,13H,1-8H2,(H,14,15). The van der Waals surface area contributed by atoms with Crippen molar-refractivity contribution in [1.82, 2.24) is 5.32 Å². The molecule has 0 amide bonds. The summed E-state index contributed by atoms with van der Waals surface area (Å²) in [5, 5.41) is 12.1. The fourth-order valence-corrected chi connectivity index (χ4v) is 2.22. The Hall–Kier alpha value is -0.610. The molecule has 0 aromatic carbocycles. The fourth-order valence-electron chi connectivity index (χ4n) is 2.22. The number of aliphatic carboxylic acids is 1. The fraction of sp³-hybridized carbons (Fsp3) is 0.917. The smallest absolute Gasteiger partial charge is 0.332 e. The Morgan fingerprint density at radius 2 is 2.12 bits per heavy atom. The largest absolute Gasteiger partial charge is 0.479 e. The molecule has 1 aliphatic heterocycles. The van der Waals surface area contributed by atoms with Gasteiger partial charge in [0.15, 0.2) is 6.10 Å². The van der Waals surface area contributed by atoms with Crippen molar-refractivity contribution in [3.05, 3.63) is 0 Å². The van der Waals surface area contributed by atoms with Gasteiger partial charge in [0.1, 0.15) is 0 Å². The molecule has 1 saturated carbocycles. The van der Waals surface area contributed by atoms with E-state index in [9.17, 15) is 4.79 Å². The minimum absolute atomic E-state index is 0.0991. The van der Waals surface area contributed by atoms with Crippen LogP contribution in [0.2, 0.25) is 0 Å². The second-order valence-electron chi connectivity index (χ2n) is 4.95. The highest BCUT2D eigenvalue weighted by Crippen LogP contribution is 2.33. The zero-order valence-corrected chi connectivity index (χ0v) is 9.65. The molecule has 92 valence electrons. The van der Waals surface area contributed by atoms with Gasteiger partial charge in [-0.1, -0.05) is 12.8 Å². The van der Waals surface area contributed by atoms with Gasteiger partial charge < -0.3 is 15.2 Å². The number of nitrogens with one attached hydrogen (secondary N) is 1. The highest BCUT2D eigenvalue weighted by atomic mass is 16.5. The van der Waals surface area contributed by atoms with Gasteiger partial charge in [-0.25, -0.2) is 4.79 Å². The Balaban J connectivity index is 1.48. The molecule has 4 heteroatoms. The lowest BCUT2D eigenvalue weighted by atomic mass is 10.2. The van der Waals surface area contributed by atoms with Crippen molar-refractivity contribution in [1.29, 1.82) is 0 Å². The van der Waals surface area contributed by atoms with Crippen molar-refractivity contribution in [3.8, 4) is 0 Å². The molecule has 1 saturated heterocycles. The van der Waals surface area contributed by atoms with E-state index in [0.717, 1.165) is 25.4 Å². The zero-order chi connectivity index (χ0) is 11.4. The maximum Gasteiger partial charge on any atom is 0.332 e. The summed E-state index contributed by atoms with van der Waals surface area (Å²) in [6.07, 6.45) is 6.48. The van der Waals surface area contributed by atoms with Gasteiger partial charge in [-0.05, 0) is 38.1 Å². The van der Waals surface area contributed by atoms with Crippen LogP contribution >= 0.6 is 0 Å². The lowest BCUT2D eigenvalue weighted by Gasteiger charge is -2.12. The average Bonchev–Trinajstić information content (AvgIpc) is 2.94. The van der Waals surface area contributed by atoms with Crippen molar-refractivity contribution in [3.63, 3.8) is 0 Å². The third-order valence-corrected chi connectivity index (χ3v) is 3.42. The Bertz CT molecular complexity index is 240. The Kier molecular flexibility index (Phi) is 4.18. The molecule has 0 aromatic heterocycles. The van der Waals surface area contributed by atoms with Crippen LogP contribution in [0.1, 0.15) is 38.5 Å². The van der Waals surface area contributed by atoms with Crippen molar-refractivity contribution in [2.45, 2.75) is 50.7 Å². The van der Waals surface area contributed by atoms with E-state index in [0.29, 0.717) is 6.42 Å². The Morgan fingerprint density at radius 1 is 1.31 bits per heavy atom. The molecule has 1 aliphatic carbocycles. The number of carboxylic acid groups (broad SMARTS) is 1. The first-order valence-corrected chi connectivity index (χ1v) is 6.34. The number of hydrogen-bond acceptors (Lipinski definition) is 3. The number of rotatable bonds is 7. The molecule has 0 spiro atoms. The minimum Gasteiger partial charge on any atom is -0.479 e. The quantitative estimate of drug-likeness (QED) is 0.645. The predicted molar refractivity (Wildman–Crippen MR) is 60.4 cm³/mol. The predicted octanol–water partition coefficient (Wildman–Crippen LogP) is 1.40. The molecule has 2 atom stereocenters. The van der Waals surface area contributed by atoms with Crippen LogP contribution in [0.3, 0.4) is 0 Å². The van der Waals surface area contributed by atoms with Crippen LogP contribution in [-0.2, 0) is 9.53 Å². The zero-order valence-electron chi connectivity index (χ0n) is 9.65. The molecule has 16 heavy (non-hydrogen) atoms.